The van der Waals surface area contributed by atoms with Crippen molar-refractivity contribution in [3.05, 3.63) is 152 Å². The van der Waals surface area contributed by atoms with Crippen LogP contribution in [0.15, 0.2) is 160 Å². The Balaban J connectivity index is 1.09. The molecular formula is C45H25N3O2S. The van der Waals surface area contributed by atoms with Gasteiger partial charge in [-0.25, -0.2) is 15.0 Å². The summed E-state index contributed by atoms with van der Waals surface area (Å²) >= 11 is 1.78. The molecule has 11 aromatic rings. The number of benzene rings is 7. The van der Waals surface area contributed by atoms with Gasteiger partial charge in [0.05, 0.1) is 5.56 Å². The molecule has 0 spiro atoms. The molecule has 0 aliphatic rings. The molecule has 0 radical (unpaired) electrons. The Morgan fingerprint density at radius 2 is 0.961 bits per heavy atom. The number of thiophene rings is 1. The van der Waals surface area contributed by atoms with E-state index in [1.54, 1.807) is 11.3 Å². The second kappa shape index (κ2) is 10.9. The number of rotatable bonds is 4. The standard InChI is InChI=1S/C45H25N3O2S/c1-2-10-26(11-3-1)43-46-44(28-20-22-32-31-13-5-7-19-39(31)51-40(32)25-28)48-45(47-43)35-17-9-16-34-36-24-27(21-23-38(36)50-42(34)35)29-14-8-15-33-30-12-4-6-18-37(30)49-41(29)33/h1-25H. The van der Waals surface area contributed by atoms with Gasteiger partial charge in [-0.05, 0) is 42.0 Å². The van der Waals surface area contributed by atoms with Gasteiger partial charge in [-0.3, -0.25) is 0 Å². The minimum Gasteiger partial charge on any atom is -0.455 e. The number of aromatic nitrogens is 3. The van der Waals surface area contributed by atoms with Crippen LogP contribution < -0.4 is 0 Å². The third kappa shape index (κ3) is 4.43. The molecule has 0 amide bonds. The summed E-state index contributed by atoms with van der Waals surface area (Å²) in [6, 6.07) is 52.1. The molecule has 5 nitrogen and oxygen atoms in total. The Morgan fingerprint density at radius 1 is 0.353 bits per heavy atom. The monoisotopic (exact) mass is 671 g/mol. The van der Waals surface area contributed by atoms with E-state index in [9.17, 15) is 0 Å². The fourth-order valence-corrected chi connectivity index (χ4v) is 8.47. The summed E-state index contributed by atoms with van der Waals surface area (Å²) in [5.41, 5.74) is 8.08. The van der Waals surface area contributed by atoms with Crippen molar-refractivity contribution < 1.29 is 8.83 Å². The van der Waals surface area contributed by atoms with Crippen LogP contribution in [0.3, 0.4) is 0 Å². The molecule has 0 fully saturated rings. The Hall–Kier alpha value is -6.63. The van der Waals surface area contributed by atoms with E-state index >= 15 is 0 Å². The lowest BCUT2D eigenvalue weighted by atomic mass is 10.00. The minimum absolute atomic E-state index is 0.562. The van der Waals surface area contributed by atoms with Crippen LogP contribution in [0.4, 0.5) is 0 Å². The van der Waals surface area contributed by atoms with Crippen molar-refractivity contribution in [1.29, 1.82) is 0 Å². The maximum Gasteiger partial charge on any atom is 0.167 e. The summed E-state index contributed by atoms with van der Waals surface area (Å²) in [5, 5.41) is 6.73. The lowest BCUT2D eigenvalue weighted by Gasteiger charge is -2.09. The van der Waals surface area contributed by atoms with Gasteiger partial charge in [0.15, 0.2) is 17.5 Å². The molecule has 0 aliphatic heterocycles. The highest BCUT2D eigenvalue weighted by molar-refractivity contribution is 7.25. The van der Waals surface area contributed by atoms with Crippen molar-refractivity contribution in [3.63, 3.8) is 0 Å². The predicted octanol–water partition coefficient (Wildman–Crippen LogP) is 12.7. The van der Waals surface area contributed by atoms with Crippen molar-refractivity contribution >= 4 is 75.4 Å². The molecule has 0 saturated heterocycles. The number of para-hydroxylation sites is 3. The molecule has 51 heavy (non-hydrogen) atoms. The highest BCUT2D eigenvalue weighted by Gasteiger charge is 2.19. The SMILES string of the molecule is c1ccc(-c2nc(-c3ccc4c(c3)sc3ccccc34)nc(-c3cccc4c3oc3ccc(-c5cccc6c5oc5ccccc56)cc34)n2)cc1. The molecule has 7 aromatic carbocycles. The van der Waals surface area contributed by atoms with Gasteiger partial charge in [-0.15, -0.1) is 11.3 Å². The van der Waals surface area contributed by atoms with E-state index in [0.29, 0.717) is 17.5 Å². The number of fused-ring (bicyclic) bond motifs is 9. The highest BCUT2D eigenvalue weighted by atomic mass is 32.1. The van der Waals surface area contributed by atoms with Gasteiger partial charge in [0, 0.05) is 58.4 Å². The predicted molar refractivity (Wildman–Crippen MR) is 209 cm³/mol. The van der Waals surface area contributed by atoms with Gasteiger partial charge in [-0.2, -0.15) is 0 Å². The maximum atomic E-state index is 6.62. The first-order valence-corrected chi connectivity index (χ1v) is 17.7. The van der Waals surface area contributed by atoms with Crippen molar-refractivity contribution in [2.24, 2.45) is 0 Å². The van der Waals surface area contributed by atoms with E-state index in [4.69, 9.17) is 23.8 Å². The van der Waals surface area contributed by atoms with Crippen molar-refractivity contribution in [1.82, 2.24) is 15.0 Å². The van der Waals surface area contributed by atoms with Crippen LogP contribution in [0.2, 0.25) is 0 Å². The van der Waals surface area contributed by atoms with Gasteiger partial charge in [0.25, 0.3) is 0 Å². The van der Waals surface area contributed by atoms with Gasteiger partial charge >= 0.3 is 0 Å². The van der Waals surface area contributed by atoms with E-state index in [0.717, 1.165) is 71.7 Å². The average Bonchev–Trinajstić information content (AvgIpc) is 3.88. The smallest absolute Gasteiger partial charge is 0.167 e. The molecular weight excluding hydrogens is 647 g/mol. The van der Waals surface area contributed by atoms with Crippen LogP contribution in [-0.2, 0) is 0 Å². The molecule has 0 aliphatic carbocycles. The topological polar surface area (TPSA) is 65.0 Å². The second-order valence-electron chi connectivity index (χ2n) is 12.8. The molecule has 0 unspecified atom stereocenters. The van der Waals surface area contributed by atoms with Crippen LogP contribution in [0.25, 0.3) is 109 Å². The van der Waals surface area contributed by atoms with Crippen LogP contribution >= 0.6 is 11.3 Å². The summed E-state index contributed by atoms with van der Waals surface area (Å²) in [6.07, 6.45) is 0. The molecule has 0 bridgehead atoms. The normalized spacial score (nSPS) is 11.9. The fraction of sp³-hybridized carbons (Fsp3) is 0. The van der Waals surface area contributed by atoms with Crippen LogP contribution in [-0.4, -0.2) is 15.0 Å². The molecule has 11 rings (SSSR count). The third-order valence-electron chi connectivity index (χ3n) is 9.76. The summed E-state index contributed by atoms with van der Waals surface area (Å²) in [4.78, 5) is 15.2. The van der Waals surface area contributed by atoms with Gasteiger partial charge in [0.2, 0.25) is 0 Å². The van der Waals surface area contributed by atoms with Gasteiger partial charge in [0.1, 0.15) is 22.3 Å². The lowest BCUT2D eigenvalue weighted by Crippen LogP contribution is -2.00. The Labute approximate surface area is 295 Å². The second-order valence-corrected chi connectivity index (χ2v) is 13.8. The first-order chi connectivity index (χ1) is 25.2. The number of hydrogen-bond donors (Lipinski definition) is 0. The summed E-state index contributed by atoms with van der Waals surface area (Å²) in [5.74, 6) is 1.79. The summed E-state index contributed by atoms with van der Waals surface area (Å²) in [7, 11) is 0. The Kier molecular flexibility index (Phi) is 6.05. The Morgan fingerprint density at radius 3 is 1.82 bits per heavy atom. The zero-order valence-corrected chi connectivity index (χ0v) is 27.8. The molecule has 6 heteroatoms. The fourth-order valence-electron chi connectivity index (χ4n) is 7.32. The zero-order chi connectivity index (χ0) is 33.5. The first-order valence-electron chi connectivity index (χ1n) is 16.8. The highest BCUT2D eigenvalue weighted by Crippen LogP contribution is 2.41. The third-order valence-corrected chi connectivity index (χ3v) is 10.9. The molecule has 0 N–H and O–H groups in total. The molecule has 4 heterocycles. The number of nitrogens with zero attached hydrogens (tertiary/aromatic N) is 3. The lowest BCUT2D eigenvalue weighted by molar-refractivity contribution is 0.668. The molecule has 0 saturated carbocycles. The first kappa shape index (κ1) is 28.2. The molecule has 0 atom stereocenters. The zero-order valence-electron chi connectivity index (χ0n) is 27.0. The maximum absolute atomic E-state index is 6.62. The number of hydrogen-bond acceptors (Lipinski definition) is 6. The van der Waals surface area contributed by atoms with E-state index in [2.05, 4.69) is 84.9 Å². The minimum atomic E-state index is 0.562. The van der Waals surface area contributed by atoms with Gasteiger partial charge in [-0.1, -0.05) is 115 Å². The molecule has 4 aromatic heterocycles. The quantitative estimate of drug-likeness (QED) is 0.186. The Bertz CT molecular complexity index is 3160. The van der Waals surface area contributed by atoms with E-state index in [1.165, 1.54) is 20.2 Å². The van der Waals surface area contributed by atoms with E-state index < -0.39 is 0 Å². The van der Waals surface area contributed by atoms with Crippen molar-refractivity contribution in [3.8, 4) is 45.3 Å². The summed E-state index contributed by atoms with van der Waals surface area (Å²) in [6.45, 7) is 0. The van der Waals surface area contributed by atoms with Crippen molar-refractivity contribution in [2.75, 3.05) is 0 Å². The van der Waals surface area contributed by atoms with Crippen LogP contribution in [0.5, 0.6) is 0 Å². The number of furan rings is 2. The van der Waals surface area contributed by atoms with Crippen LogP contribution in [0.1, 0.15) is 0 Å². The average molecular weight is 672 g/mol. The van der Waals surface area contributed by atoms with Gasteiger partial charge < -0.3 is 8.83 Å². The largest absolute Gasteiger partial charge is 0.455 e. The van der Waals surface area contributed by atoms with E-state index in [-0.39, 0.29) is 0 Å². The summed E-state index contributed by atoms with van der Waals surface area (Å²) < 4.78 is 15.5. The molecule has 238 valence electrons. The van der Waals surface area contributed by atoms with Crippen LogP contribution in [0, 0.1) is 0 Å². The van der Waals surface area contributed by atoms with E-state index in [1.807, 2.05) is 66.7 Å². The van der Waals surface area contributed by atoms with Crippen molar-refractivity contribution in [2.45, 2.75) is 0 Å².